The van der Waals surface area contributed by atoms with E-state index >= 15 is 0 Å². The quantitative estimate of drug-likeness (QED) is 0.811. The first kappa shape index (κ1) is 12.0. The number of nitrogens with two attached hydrogens (primary N) is 1. The molecular formula is C12H12FN5. The van der Waals surface area contributed by atoms with Crippen LogP contribution in [0.4, 0.5) is 4.39 Å². The molecule has 0 fully saturated rings. The van der Waals surface area contributed by atoms with E-state index < -0.39 is 5.83 Å². The third kappa shape index (κ3) is 2.13. The van der Waals surface area contributed by atoms with Crippen molar-refractivity contribution in [2.24, 2.45) is 5.73 Å². The molecule has 5 nitrogen and oxygen atoms in total. The van der Waals surface area contributed by atoms with Crippen molar-refractivity contribution in [2.75, 3.05) is 0 Å². The van der Waals surface area contributed by atoms with Gasteiger partial charge in [-0.3, -0.25) is 5.10 Å². The summed E-state index contributed by atoms with van der Waals surface area (Å²) < 4.78 is 13.2. The lowest BCUT2D eigenvalue weighted by Gasteiger charge is -1.98. The lowest BCUT2D eigenvalue weighted by molar-refractivity contribution is 0.657. The molecule has 0 bridgehead atoms. The molecule has 18 heavy (non-hydrogen) atoms. The summed E-state index contributed by atoms with van der Waals surface area (Å²) in [5, 5.41) is 6.84. The second kappa shape index (κ2) is 4.79. The summed E-state index contributed by atoms with van der Waals surface area (Å²) in [5.41, 5.74) is 8.05. The van der Waals surface area contributed by atoms with Gasteiger partial charge in [0.2, 0.25) is 0 Å². The van der Waals surface area contributed by atoms with Crippen LogP contribution in [0.5, 0.6) is 0 Å². The van der Waals surface area contributed by atoms with Crippen molar-refractivity contribution >= 4 is 16.7 Å². The highest BCUT2D eigenvalue weighted by molar-refractivity contribution is 5.84. The topological polar surface area (TPSA) is 80.5 Å². The molecule has 0 radical (unpaired) electrons. The Morgan fingerprint density at radius 2 is 2.17 bits per heavy atom. The Hall–Kier alpha value is -2.50. The normalized spacial score (nSPS) is 13.6. The van der Waals surface area contributed by atoms with Crippen LogP contribution >= 0.6 is 0 Å². The molecule has 6 heteroatoms. The smallest absolute Gasteiger partial charge is 0.174 e. The van der Waals surface area contributed by atoms with Gasteiger partial charge in [0.25, 0.3) is 0 Å². The maximum absolute atomic E-state index is 13.2. The minimum atomic E-state index is -0.569. The Labute approximate surface area is 103 Å². The molecule has 3 N–H and O–H groups in total. The van der Waals surface area contributed by atoms with Gasteiger partial charge in [-0.25, -0.2) is 14.4 Å². The first-order valence-electron chi connectivity index (χ1n) is 5.25. The Bertz CT molecular complexity index is 653. The van der Waals surface area contributed by atoms with E-state index in [1.54, 1.807) is 19.3 Å². The number of H-pyrrole nitrogens is 1. The third-order valence-corrected chi connectivity index (χ3v) is 2.40. The summed E-state index contributed by atoms with van der Waals surface area (Å²) in [4.78, 5) is 8.24. The van der Waals surface area contributed by atoms with Crippen LogP contribution in [0.3, 0.4) is 0 Å². The Morgan fingerprint density at radius 1 is 1.44 bits per heavy atom. The molecule has 0 atom stereocenters. The molecule has 0 saturated heterocycles. The molecule has 2 aromatic rings. The lowest BCUT2D eigenvalue weighted by Crippen LogP contribution is -1.97. The second-order valence-electron chi connectivity index (χ2n) is 3.66. The molecule has 2 heterocycles. The van der Waals surface area contributed by atoms with Crippen LogP contribution < -0.4 is 5.73 Å². The fourth-order valence-corrected chi connectivity index (χ4v) is 1.52. The molecule has 92 valence electrons. The Balaban J connectivity index is 2.49. The number of rotatable bonds is 3. The maximum Gasteiger partial charge on any atom is 0.174 e. The standard InChI is InChI=1S/C12H12FN5/c1-3-8(13)9(14)6-7(2)10-11-12(18-17-10)16-5-4-15-11/h3-6H,1,14H2,2H3,(H,16,17,18)/b7-6+,9-8-. The van der Waals surface area contributed by atoms with Crippen molar-refractivity contribution < 1.29 is 4.39 Å². The number of aromatic nitrogens is 4. The van der Waals surface area contributed by atoms with Gasteiger partial charge >= 0.3 is 0 Å². The molecule has 0 aliphatic rings. The summed E-state index contributed by atoms with van der Waals surface area (Å²) in [5.74, 6) is -0.569. The molecule has 2 rings (SSSR count). The summed E-state index contributed by atoms with van der Waals surface area (Å²) >= 11 is 0. The van der Waals surface area contributed by atoms with Crippen molar-refractivity contribution in [1.82, 2.24) is 20.2 Å². The Kier molecular flexibility index (Phi) is 3.18. The van der Waals surface area contributed by atoms with E-state index in [4.69, 9.17) is 5.73 Å². The zero-order valence-corrected chi connectivity index (χ0v) is 9.81. The number of nitrogens with zero attached hydrogens (tertiary/aromatic N) is 3. The van der Waals surface area contributed by atoms with Gasteiger partial charge < -0.3 is 5.73 Å². The molecule has 0 unspecified atom stereocenters. The van der Waals surface area contributed by atoms with Crippen LogP contribution in [0.1, 0.15) is 12.6 Å². The largest absolute Gasteiger partial charge is 0.396 e. The lowest BCUT2D eigenvalue weighted by atomic mass is 10.1. The highest BCUT2D eigenvalue weighted by Gasteiger charge is 2.09. The maximum atomic E-state index is 13.2. The second-order valence-corrected chi connectivity index (χ2v) is 3.66. The van der Waals surface area contributed by atoms with Crippen LogP contribution in [-0.2, 0) is 0 Å². The summed E-state index contributed by atoms with van der Waals surface area (Å²) in [6, 6.07) is 0. The van der Waals surface area contributed by atoms with Crippen LogP contribution in [0.2, 0.25) is 0 Å². The molecular weight excluding hydrogens is 233 g/mol. The molecule has 0 aliphatic heterocycles. The van der Waals surface area contributed by atoms with E-state index in [0.717, 1.165) is 6.08 Å². The van der Waals surface area contributed by atoms with E-state index in [9.17, 15) is 4.39 Å². The number of hydrogen-bond acceptors (Lipinski definition) is 4. The fraction of sp³-hybridized carbons (Fsp3) is 0.0833. The molecule has 0 saturated carbocycles. The molecule has 2 aromatic heterocycles. The zero-order valence-electron chi connectivity index (χ0n) is 9.81. The van der Waals surface area contributed by atoms with Gasteiger partial charge in [0.1, 0.15) is 17.0 Å². The van der Waals surface area contributed by atoms with Gasteiger partial charge in [-0.2, -0.15) is 5.10 Å². The molecule has 0 aliphatic carbocycles. The van der Waals surface area contributed by atoms with E-state index in [2.05, 4.69) is 26.7 Å². The fourth-order valence-electron chi connectivity index (χ4n) is 1.52. The number of allylic oxidation sites excluding steroid dienone is 4. The predicted molar refractivity (Wildman–Crippen MR) is 67.9 cm³/mol. The molecule has 0 aromatic carbocycles. The van der Waals surface area contributed by atoms with Gasteiger partial charge in [0.15, 0.2) is 5.65 Å². The van der Waals surface area contributed by atoms with E-state index in [1.165, 1.54) is 6.08 Å². The zero-order chi connectivity index (χ0) is 13.1. The van der Waals surface area contributed by atoms with E-state index in [1.807, 2.05) is 0 Å². The van der Waals surface area contributed by atoms with Gasteiger partial charge in [0, 0.05) is 12.4 Å². The highest BCUT2D eigenvalue weighted by atomic mass is 19.1. The van der Waals surface area contributed by atoms with Gasteiger partial charge in [-0.15, -0.1) is 0 Å². The number of aromatic amines is 1. The van der Waals surface area contributed by atoms with Crippen molar-refractivity contribution in [2.45, 2.75) is 6.92 Å². The number of fused-ring (bicyclic) bond motifs is 1. The number of hydrogen-bond donors (Lipinski definition) is 2. The van der Waals surface area contributed by atoms with Crippen molar-refractivity contribution in [1.29, 1.82) is 0 Å². The molecule has 0 amide bonds. The minimum Gasteiger partial charge on any atom is -0.396 e. The van der Waals surface area contributed by atoms with Crippen LogP contribution in [0, 0.1) is 0 Å². The first-order valence-corrected chi connectivity index (χ1v) is 5.25. The van der Waals surface area contributed by atoms with Gasteiger partial charge in [0.05, 0.1) is 5.70 Å². The highest BCUT2D eigenvalue weighted by Crippen LogP contribution is 2.20. The van der Waals surface area contributed by atoms with Crippen LogP contribution in [0.25, 0.3) is 16.7 Å². The first-order chi connectivity index (χ1) is 8.63. The number of nitrogens with one attached hydrogen (secondary N) is 1. The summed E-state index contributed by atoms with van der Waals surface area (Å²) in [7, 11) is 0. The van der Waals surface area contributed by atoms with E-state index in [-0.39, 0.29) is 5.70 Å². The predicted octanol–water partition coefficient (Wildman–Crippen LogP) is 2.08. The van der Waals surface area contributed by atoms with Gasteiger partial charge in [-0.05, 0) is 24.6 Å². The minimum absolute atomic E-state index is 0.00235. The van der Waals surface area contributed by atoms with Gasteiger partial charge in [-0.1, -0.05) is 6.58 Å². The summed E-state index contributed by atoms with van der Waals surface area (Å²) in [6.45, 7) is 5.09. The monoisotopic (exact) mass is 245 g/mol. The third-order valence-electron chi connectivity index (χ3n) is 2.40. The van der Waals surface area contributed by atoms with E-state index in [0.29, 0.717) is 22.4 Å². The summed E-state index contributed by atoms with van der Waals surface area (Å²) in [6.07, 6.45) is 5.68. The number of halogens is 1. The van der Waals surface area contributed by atoms with Crippen LogP contribution in [0.15, 0.2) is 42.6 Å². The van der Waals surface area contributed by atoms with Crippen molar-refractivity contribution in [3.8, 4) is 0 Å². The SMILES string of the molecule is C=C/C(F)=C(N)\C=C(/C)c1n[nH]c2nccnc12. The van der Waals surface area contributed by atoms with Crippen LogP contribution in [-0.4, -0.2) is 20.2 Å². The van der Waals surface area contributed by atoms with Crippen molar-refractivity contribution in [3.05, 3.63) is 48.3 Å². The molecule has 0 spiro atoms. The van der Waals surface area contributed by atoms with Crippen molar-refractivity contribution in [3.63, 3.8) is 0 Å². The Morgan fingerprint density at radius 3 is 2.89 bits per heavy atom. The average molecular weight is 245 g/mol. The average Bonchev–Trinajstić information content (AvgIpc) is 2.81.